The molecule has 0 aliphatic rings. The molecule has 1 atom stereocenters. The number of nitrogens with zero attached hydrogens (tertiary/aromatic N) is 2. The molecule has 1 unspecified atom stereocenters. The Morgan fingerprint density at radius 2 is 1.74 bits per heavy atom. The van der Waals surface area contributed by atoms with Crippen LogP contribution in [0, 0.1) is 13.8 Å². The first kappa shape index (κ1) is 18.9. The molecule has 2 N–H and O–H groups in total. The molecule has 5 nitrogen and oxygen atoms in total. The van der Waals surface area contributed by atoms with Crippen molar-refractivity contribution in [1.82, 2.24) is 15.3 Å². The molecular weight excluding hydrogens is 356 g/mol. The van der Waals surface area contributed by atoms with Crippen LogP contribution in [0.15, 0.2) is 71.0 Å². The monoisotopic (exact) mass is 378 g/mol. The quantitative estimate of drug-likeness (QED) is 0.604. The van der Waals surface area contributed by atoms with Crippen molar-refractivity contribution in [3.63, 3.8) is 0 Å². The maximum atomic E-state index is 12.4. The smallest absolute Gasteiger partial charge is 0.319 e. The Kier molecular flexibility index (Phi) is 6.08. The lowest BCUT2D eigenvalue weighted by Gasteiger charge is -2.18. The fraction of sp³-hybridized carbons (Fsp3) is 0.190. The molecule has 0 radical (unpaired) electrons. The van der Waals surface area contributed by atoms with Crippen LogP contribution in [0.2, 0.25) is 0 Å². The zero-order valence-corrected chi connectivity index (χ0v) is 16.4. The molecule has 0 fully saturated rings. The molecule has 0 aliphatic carbocycles. The summed E-state index contributed by atoms with van der Waals surface area (Å²) < 4.78 is 0. The fourth-order valence-corrected chi connectivity index (χ4v) is 3.60. The van der Waals surface area contributed by atoms with Crippen LogP contribution >= 0.6 is 11.8 Å². The Hall–Kier alpha value is -2.86. The first-order valence-electron chi connectivity index (χ1n) is 8.71. The van der Waals surface area contributed by atoms with Crippen molar-refractivity contribution in [2.75, 3.05) is 5.32 Å². The van der Waals surface area contributed by atoms with Crippen molar-refractivity contribution in [1.29, 1.82) is 0 Å². The SMILES string of the molecule is Cc1cc(Sc2ncccn2)ccc1NC(=O)NC(C)c1ccccc1C. The van der Waals surface area contributed by atoms with Crippen molar-refractivity contribution in [2.45, 2.75) is 36.9 Å². The van der Waals surface area contributed by atoms with Crippen LogP contribution in [-0.4, -0.2) is 16.0 Å². The first-order chi connectivity index (χ1) is 13.0. The number of nitrogens with one attached hydrogen (secondary N) is 2. The molecule has 6 heteroatoms. The standard InChI is InChI=1S/C21H22N4OS/c1-14-7-4-5-8-18(14)16(3)24-20(26)25-19-10-9-17(13-15(19)2)27-21-22-11-6-12-23-21/h4-13,16H,1-3H3,(H2,24,25,26). The Bertz CT molecular complexity index is 930. The van der Waals surface area contributed by atoms with Crippen molar-refractivity contribution >= 4 is 23.5 Å². The maximum absolute atomic E-state index is 12.4. The van der Waals surface area contributed by atoms with E-state index in [4.69, 9.17) is 0 Å². The van der Waals surface area contributed by atoms with E-state index in [2.05, 4.69) is 20.6 Å². The highest BCUT2D eigenvalue weighted by molar-refractivity contribution is 7.99. The molecule has 3 aromatic rings. The molecule has 0 bridgehead atoms. The van der Waals surface area contributed by atoms with E-state index in [0.717, 1.165) is 27.3 Å². The highest BCUT2D eigenvalue weighted by Crippen LogP contribution is 2.28. The average molecular weight is 379 g/mol. The Balaban J connectivity index is 1.63. The third-order valence-corrected chi connectivity index (χ3v) is 5.08. The molecule has 2 amide bonds. The highest BCUT2D eigenvalue weighted by atomic mass is 32.2. The van der Waals surface area contributed by atoms with E-state index in [0.29, 0.717) is 5.16 Å². The maximum Gasteiger partial charge on any atom is 0.319 e. The van der Waals surface area contributed by atoms with E-state index in [9.17, 15) is 4.79 Å². The van der Waals surface area contributed by atoms with Gasteiger partial charge in [-0.25, -0.2) is 14.8 Å². The summed E-state index contributed by atoms with van der Waals surface area (Å²) in [4.78, 5) is 21.8. The summed E-state index contributed by atoms with van der Waals surface area (Å²) >= 11 is 1.49. The van der Waals surface area contributed by atoms with E-state index in [-0.39, 0.29) is 12.1 Å². The third kappa shape index (κ3) is 5.08. The summed E-state index contributed by atoms with van der Waals surface area (Å²) in [6.07, 6.45) is 3.44. The Labute approximate surface area is 163 Å². The second-order valence-electron chi connectivity index (χ2n) is 6.29. The molecule has 1 heterocycles. The van der Waals surface area contributed by atoms with E-state index < -0.39 is 0 Å². The van der Waals surface area contributed by atoms with E-state index in [1.807, 2.05) is 63.2 Å². The van der Waals surface area contributed by atoms with Gasteiger partial charge in [0.1, 0.15) is 0 Å². The van der Waals surface area contributed by atoms with Gasteiger partial charge in [-0.3, -0.25) is 0 Å². The zero-order chi connectivity index (χ0) is 19.2. The molecule has 0 saturated carbocycles. The number of amides is 2. The summed E-state index contributed by atoms with van der Waals surface area (Å²) in [5.41, 5.74) is 4.03. The van der Waals surface area contributed by atoms with Gasteiger partial charge in [-0.15, -0.1) is 0 Å². The fourth-order valence-electron chi connectivity index (χ4n) is 2.79. The lowest BCUT2D eigenvalue weighted by Crippen LogP contribution is -2.31. The summed E-state index contributed by atoms with van der Waals surface area (Å²) in [5.74, 6) is 0. The van der Waals surface area contributed by atoms with E-state index in [1.165, 1.54) is 11.8 Å². The van der Waals surface area contributed by atoms with Crippen molar-refractivity contribution in [3.05, 3.63) is 77.6 Å². The van der Waals surface area contributed by atoms with E-state index >= 15 is 0 Å². The predicted molar refractivity (Wildman–Crippen MR) is 109 cm³/mol. The number of hydrogen-bond acceptors (Lipinski definition) is 4. The van der Waals surface area contributed by atoms with Crippen LogP contribution in [-0.2, 0) is 0 Å². The van der Waals surface area contributed by atoms with Crippen LogP contribution in [0.1, 0.15) is 29.7 Å². The number of benzene rings is 2. The van der Waals surface area contributed by atoms with Crippen LogP contribution in [0.3, 0.4) is 0 Å². The van der Waals surface area contributed by atoms with Gasteiger partial charge in [0.15, 0.2) is 5.16 Å². The number of urea groups is 1. The van der Waals surface area contributed by atoms with Gasteiger partial charge in [0, 0.05) is 23.0 Å². The zero-order valence-electron chi connectivity index (χ0n) is 15.6. The average Bonchev–Trinajstić information content (AvgIpc) is 2.65. The molecular formula is C21H22N4OS. The summed E-state index contributed by atoms with van der Waals surface area (Å²) in [5, 5.41) is 6.62. The number of hydrogen-bond donors (Lipinski definition) is 2. The molecule has 2 aromatic carbocycles. The molecule has 138 valence electrons. The minimum Gasteiger partial charge on any atom is -0.331 e. The third-order valence-electron chi connectivity index (χ3n) is 4.20. The lowest BCUT2D eigenvalue weighted by molar-refractivity contribution is 0.249. The molecule has 3 rings (SSSR count). The molecule has 0 spiro atoms. The normalized spacial score (nSPS) is 11.7. The van der Waals surface area contributed by atoms with Gasteiger partial charge < -0.3 is 10.6 Å². The summed E-state index contributed by atoms with van der Waals surface area (Å²) in [6, 6.07) is 15.4. The van der Waals surface area contributed by atoms with Gasteiger partial charge in [0.25, 0.3) is 0 Å². The first-order valence-corrected chi connectivity index (χ1v) is 9.53. The van der Waals surface area contributed by atoms with Gasteiger partial charge in [0.2, 0.25) is 0 Å². The van der Waals surface area contributed by atoms with Gasteiger partial charge in [0.05, 0.1) is 6.04 Å². The van der Waals surface area contributed by atoms with E-state index in [1.54, 1.807) is 18.5 Å². The second kappa shape index (κ2) is 8.68. The predicted octanol–water partition coefficient (Wildman–Crippen LogP) is 5.13. The minimum absolute atomic E-state index is 0.0726. The summed E-state index contributed by atoms with van der Waals surface area (Å²) in [6.45, 7) is 5.99. The number of carbonyl (C=O) groups is 1. The molecule has 1 aromatic heterocycles. The molecule has 0 aliphatic heterocycles. The van der Waals surface area contributed by atoms with Crippen LogP contribution < -0.4 is 10.6 Å². The number of rotatable bonds is 5. The minimum atomic E-state index is -0.222. The number of anilines is 1. The van der Waals surface area contributed by atoms with Crippen LogP contribution in [0.5, 0.6) is 0 Å². The Morgan fingerprint density at radius 1 is 1.00 bits per heavy atom. The second-order valence-corrected chi connectivity index (χ2v) is 7.33. The van der Waals surface area contributed by atoms with Gasteiger partial charge in [-0.1, -0.05) is 24.3 Å². The van der Waals surface area contributed by atoms with Crippen LogP contribution in [0.4, 0.5) is 10.5 Å². The van der Waals surface area contributed by atoms with Gasteiger partial charge in [-0.2, -0.15) is 0 Å². The number of aryl methyl sites for hydroxylation is 2. The van der Waals surface area contributed by atoms with Crippen molar-refractivity contribution < 1.29 is 4.79 Å². The van der Waals surface area contributed by atoms with Gasteiger partial charge in [-0.05, 0) is 73.5 Å². The number of carbonyl (C=O) groups excluding carboxylic acids is 1. The van der Waals surface area contributed by atoms with Crippen molar-refractivity contribution in [3.8, 4) is 0 Å². The van der Waals surface area contributed by atoms with Crippen LogP contribution in [0.25, 0.3) is 0 Å². The summed E-state index contributed by atoms with van der Waals surface area (Å²) in [7, 11) is 0. The molecule has 0 saturated heterocycles. The highest BCUT2D eigenvalue weighted by Gasteiger charge is 2.12. The lowest BCUT2D eigenvalue weighted by atomic mass is 10.0. The topological polar surface area (TPSA) is 66.9 Å². The van der Waals surface area contributed by atoms with Gasteiger partial charge >= 0.3 is 6.03 Å². The molecule has 27 heavy (non-hydrogen) atoms. The van der Waals surface area contributed by atoms with Crippen molar-refractivity contribution in [2.24, 2.45) is 0 Å². The largest absolute Gasteiger partial charge is 0.331 e. The number of aromatic nitrogens is 2. The Morgan fingerprint density at radius 3 is 2.44 bits per heavy atom.